The number of rotatable bonds is 3. The quantitative estimate of drug-likeness (QED) is 0.352. The van der Waals surface area contributed by atoms with Crippen LogP contribution < -0.4 is 5.73 Å². The summed E-state index contributed by atoms with van der Waals surface area (Å²) in [6.07, 6.45) is 0. The van der Waals surface area contributed by atoms with Crippen LogP contribution in [0, 0.1) is 11.8 Å². The number of hydrogen-bond acceptors (Lipinski definition) is 4. The smallest absolute Gasteiger partial charge is 0.233 e. The van der Waals surface area contributed by atoms with Crippen LogP contribution >= 0.6 is 11.8 Å². The van der Waals surface area contributed by atoms with Crippen LogP contribution in [0.2, 0.25) is 0 Å². The summed E-state index contributed by atoms with van der Waals surface area (Å²) in [6, 6.07) is 0. The normalized spacial score (nSPS) is 27.4. The minimum Gasteiger partial charge on any atom is -0.409 e. The van der Waals surface area contributed by atoms with E-state index in [1.54, 1.807) is 0 Å². The molecule has 0 radical (unpaired) electrons. The van der Waals surface area contributed by atoms with Crippen molar-refractivity contribution >= 4 is 23.5 Å². The number of nitrogens with two attached hydrogens (primary N) is 1. The molecule has 0 aromatic heterocycles. The van der Waals surface area contributed by atoms with Gasteiger partial charge in [0.25, 0.3) is 0 Å². The van der Waals surface area contributed by atoms with Crippen LogP contribution in [0.3, 0.4) is 0 Å². The first kappa shape index (κ1) is 15.1. The topological polar surface area (TPSA) is 78.9 Å². The summed E-state index contributed by atoms with van der Waals surface area (Å²) in [5.41, 5.74) is 5.64. The SMILES string of the molecule is CC1CN(C(=O)C(C(N)=NO)C(C)C)CC(C)S1. The third-order valence-electron chi connectivity index (χ3n) is 3.10. The van der Waals surface area contributed by atoms with Crippen molar-refractivity contribution in [2.24, 2.45) is 22.7 Å². The Balaban J connectivity index is 2.83. The lowest BCUT2D eigenvalue weighted by Gasteiger charge is -2.37. The molecule has 1 aliphatic heterocycles. The summed E-state index contributed by atoms with van der Waals surface area (Å²) < 4.78 is 0. The Morgan fingerprint density at radius 1 is 1.39 bits per heavy atom. The van der Waals surface area contributed by atoms with Crippen molar-refractivity contribution in [2.75, 3.05) is 13.1 Å². The largest absolute Gasteiger partial charge is 0.409 e. The molecule has 5 nitrogen and oxygen atoms in total. The fourth-order valence-electron chi connectivity index (χ4n) is 2.37. The lowest BCUT2D eigenvalue weighted by atomic mass is 9.93. The maximum Gasteiger partial charge on any atom is 0.233 e. The van der Waals surface area contributed by atoms with Crippen LogP contribution in [-0.2, 0) is 4.79 Å². The van der Waals surface area contributed by atoms with Crippen molar-refractivity contribution < 1.29 is 10.0 Å². The summed E-state index contributed by atoms with van der Waals surface area (Å²) in [5, 5.41) is 12.7. The van der Waals surface area contributed by atoms with Crippen LogP contribution in [0.5, 0.6) is 0 Å². The van der Waals surface area contributed by atoms with Gasteiger partial charge in [0, 0.05) is 23.6 Å². The zero-order valence-electron chi connectivity index (χ0n) is 11.5. The Labute approximate surface area is 113 Å². The van der Waals surface area contributed by atoms with E-state index in [0.717, 1.165) is 13.1 Å². The van der Waals surface area contributed by atoms with Gasteiger partial charge in [-0.05, 0) is 5.92 Å². The van der Waals surface area contributed by atoms with Gasteiger partial charge in [-0.25, -0.2) is 0 Å². The van der Waals surface area contributed by atoms with Crippen molar-refractivity contribution in [3.63, 3.8) is 0 Å². The van der Waals surface area contributed by atoms with E-state index in [4.69, 9.17) is 10.9 Å². The Kier molecular flexibility index (Phi) is 5.31. The Morgan fingerprint density at radius 3 is 2.28 bits per heavy atom. The van der Waals surface area contributed by atoms with E-state index in [1.165, 1.54) is 0 Å². The highest BCUT2D eigenvalue weighted by molar-refractivity contribution is 8.00. The molecule has 0 spiro atoms. The first-order chi connectivity index (χ1) is 8.36. The molecule has 1 heterocycles. The zero-order chi connectivity index (χ0) is 13.9. The predicted molar refractivity (Wildman–Crippen MR) is 74.8 cm³/mol. The van der Waals surface area contributed by atoms with Crippen LogP contribution in [0.25, 0.3) is 0 Å². The molecule has 0 bridgehead atoms. The average Bonchev–Trinajstić information content (AvgIpc) is 2.26. The van der Waals surface area contributed by atoms with Gasteiger partial charge in [-0.2, -0.15) is 11.8 Å². The molecule has 1 aliphatic rings. The van der Waals surface area contributed by atoms with Gasteiger partial charge in [-0.1, -0.05) is 32.9 Å². The predicted octanol–water partition coefficient (Wildman–Crippen LogP) is 1.36. The second-order valence-corrected chi connectivity index (χ2v) is 7.13. The van der Waals surface area contributed by atoms with Crippen molar-refractivity contribution in [3.8, 4) is 0 Å². The zero-order valence-corrected chi connectivity index (χ0v) is 12.3. The highest BCUT2D eigenvalue weighted by Gasteiger charge is 2.34. The number of carbonyl (C=O) groups is 1. The van der Waals surface area contributed by atoms with E-state index in [0.29, 0.717) is 10.5 Å². The van der Waals surface area contributed by atoms with Crippen LogP contribution in [0.4, 0.5) is 0 Å². The lowest BCUT2D eigenvalue weighted by Crippen LogP contribution is -2.50. The molecule has 3 N–H and O–H groups in total. The fourth-order valence-corrected chi connectivity index (χ4v) is 3.70. The Bertz CT molecular complexity index is 323. The standard InChI is InChI=1S/C12H23N3O2S/c1-7(2)10(11(13)14-17)12(16)15-5-8(3)18-9(4)6-15/h7-10,17H,5-6H2,1-4H3,(H2,13,14). The molecular weight excluding hydrogens is 250 g/mol. The number of hydrogen-bond donors (Lipinski definition) is 2. The average molecular weight is 273 g/mol. The summed E-state index contributed by atoms with van der Waals surface area (Å²) in [4.78, 5) is 14.3. The van der Waals surface area contributed by atoms with Gasteiger partial charge in [-0.15, -0.1) is 0 Å². The third kappa shape index (κ3) is 3.54. The molecule has 6 heteroatoms. The van der Waals surface area contributed by atoms with E-state index >= 15 is 0 Å². The number of nitrogens with zero attached hydrogens (tertiary/aromatic N) is 2. The second kappa shape index (κ2) is 6.31. The molecule has 18 heavy (non-hydrogen) atoms. The number of thioether (sulfide) groups is 1. The van der Waals surface area contributed by atoms with Gasteiger partial charge < -0.3 is 15.8 Å². The van der Waals surface area contributed by atoms with Gasteiger partial charge >= 0.3 is 0 Å². The van der Waals surface area contributed by atoms with E-state index in [1.807, 2.05) is 30.5 Å². The molecule has 3 atom stereocenters. The maximum atomic E-state index is 12.5. The molecule has 3 unspecified atom stereocenters. The van der Waals surface area contributed by atoms with Gasteiger partial charge in [0.15, 0.2) is 5.84 Å². The van der Waals surface area contributed by atoms with Crippen molar-refractivity contribution in [1.29, 1.82) is 0 Å². The first-order valence-corrected chi connectivity index (χ1v) is 7.22. The van der Waals surface area contributed by atoms with E-state index in [9.17, 15) is 4.79 Å². The summed E-state index contributed by atoms with van der Waals surface area (Å²) >= 11 is 1.89. The minimum absolute atomic E-state index is 0.00790. The molecule has 0 aliphatic carbocycles. The molecule has 0 aromatic carbocycles. The molecule has 1 amide bonds. The molecule has 104 valence electrons. The van der Waals surface area contributed by atoms with Gasteiger partial charge in [-0.3, -0.25) is 4.79 Å². The fraction of sp³-hybridized carbons (Fsp3) is 0.833. The minimum atomic E-state index is -0.530. The third-order valence-corrected chi connectivity index (χ3v) is 4.33. The van der Waals surface area contributed by atoms with Gasteiger partial charge in [0.2, 0.25) is 5.91 Å². The van der Waals surface area contributed by atoms with Crippen molar-refractivity contribution in [2.45, 2.75) is 38.2 Å². The van der Waals surface area contributed by atoms with E-state index in [-0.39, 0.29) is 17.7 Å². The summed E-state index contributed by atoms with van der Waals surface area (Å²) in [6.45, 7) is 9.52. The molecule has 1 rings (SSSR count). The van der Waals surface area contributed by atoms with Crippen molar-refractivity contribution in [1.82, 2.24) is 4.90 Å². The number of amides is 1. The highest BCUT2D eigenvalue weighted by atomic mass is 32.2. The second-order valence-electron chi connectivity index (χ2n) is 5.25. The van der Waals surface area contributed by atoms with Crippen LogP contribution in [0.1, 0.15) is 27.7 Å². The summed E-state index contributed by atoms with van der Waals surface area (Å²) in [7, 11) is 0. The molecular formula is C12H23N3O2S. The maximum absolute atomic E-state index is 12.5. The molecule has 0 saturated carbocycles. The van der Waals surface area contributed by atoms with Crippen LogP contribution in [-0.4, -0.2) is 45.4 Å². The van der Waals surface area contributed by atoms with E-state index in [2.05, 4.69) is 19.0 Å². The van der Waals surface area contributed by atoms with Crippen molar-refractivity contribution in [3.05, 3.63) is 0 Å². The Morgan fingerprint density at radius 2 is 1.89 bits per heavy atom. The van der Waals surface area contributed by atoms with Crippen LogP contribution in [0.15, 0.2) is 5.16 Å². The van der Waals surface area contributed by atoms with E-state index < -0.39 is 5.92 Å². The molecule has 0 aromatic rings. The van der Waals surface area contributed by atoms with Gasteiger partial charge in [0.1, 0.15) is 5.92 Å². The number of oxime groups is 1. The highest BCUT2D eigenvalue weighted by Crippen LogP contribution is 2.26. The monoisotopic (exact) mass is 273 g/mol. The molecule has 1 fully saturated rings. The summed E-state index contributed by atoms with van der Waals surface area (Å²) in [5.74, 6) is -0.529. The molecule has 1 saturated heterocycles. The number of carbonyl (C=O) groups excluding carboxylic acids is 1. The number of amidine groups is 1. The Hall–Kier alpha value is -0.910. The van der Waals surface area contributed by atoms with Gasteiger partial charge in [0.05, 0.1) is 0 Å². The first-order valence-electron chi connectivity index (χ1n) is 6.28. The lowest BCUT2D eigenvalue weighted by molar-refractivity contribution is -0.134.